The molecule has 9 heteroatoms. The summed E-state index contributed by atoms with van der Waals surface area (Å²) in [6.45, 7) is 3.76. The lowest BCUT2D eigenvalue weighted by Crippen LogP contribution is -2.36. The van der Waals surface area contributed by atoms with E-state index in [0.29, 0.717) is 5.95 Å². The summed E-state index contributed by atoms with van der Waals surface area (Å²) in [5, 5.41) is 0. The van der Waals surface area contributed by atoms with E-state index < -0.39 is 23.3 Å². The molecule has 0 saturated carbocycles. The average Bonchev–Trinajstić information content (AvgIpc) is 2.84. The summed E-state index contributed by atoms with van der Waals surface area (Å²) in [7, 11) is 0. The normalized spacial score (nSPS) is 14.3. The summed E-state index contributed by atoms with van der Waals surface area (Å²) in [4.78, 5) is 26.4. The highest BCUT2D eigenvalue weighted by molar-refractivity contribution is 5.97. The maximum atomic E-state index is 14.7. The minimum Gasteiger partial charge on any atom is -0.487 e. The average molecular weight is 453 g/mol. The van der Waals surface area contributed by atoms with Gasteiger partial charge in [-0.05, 0) is 54.5 Å². The molecule has 1 amide bonds. The van der Waals surface area contributed by atoms with Gasteiger partial charge in [-0.15, -0.1) is 0 Å². The Morgan fingerprint density at radius 1 is 1.15 bits per heavy atom. The first-order valence-corrected chi connectivity index (χ1v) is 10.9. The molecule has 0 radical (unpaired) electrons. The number of hydrogen-bond donors (Lipinski definition) is 1. The Balaban J connectivity index is 1.39. The third-order valence-corrected chi connectivity index (χ3v) is 5.81. The molecule has 4 rings (SSSR count). The summed E-state index contributed by atoms with van der Waals surface area (Å²) in [5.74, 6) is -2.02. The molecule has 7 nitrogen and oxygen atoms in total. The lowest BCUT2D eigenvalue weighted by atomic mass is 9.98. The van der Waals surface area contributed by atoms with E-state index in [-0.39, 0.29) is 29.3 Å². The number of carbonyl (C=O) groups is 1. The van der Waals surface area contributed by atoms with Crippen molar-refractivity contribution in [3.05, 3.63) is 65.7 Å². The number of aryl methyl sites for hydroxylation is 1. The number of anilines is 1. The first kappa shape index (κ1) is 22.6. The molecule has 1 saturated heterocycles. The van der Waals surface area contributed by atoms with Crippen LogP contribution in [-0.2, 0) is 6.42 Å². The number of hydrogen-bond acceptors (Lipinski definition) is 6. The zero-order chi connectivity index (χ0) is 23.4. The van der Waals surface area contributed by atoms with Crippen LogP contribution in [0, 0.1) is 17.6 Å². The van der Waals surface area contributed by atoms with Gasteiger partial charge in [-0.25, -0.2) is 18.7 Å². The monoisotopic (exact) mass is 453 g/mol. The molecule has 1 aliphatic rings. The smallest absolute Gasteiger partial charge is 0.267 e. The van der Waals surface area contributed by atoms with E-state index >= 15 is 0 Å². The van der Waals surface area contributed by atoms with Gasteiger partial charge in [0.1, 0.15) is 5.69 Å². The molecule has 3 aromatic rings. The number of carbonyl (C=O) groups excluding carboxylic acids is 1. The summed E-state index contributed by atoms with van der Waals surface area (Å²) in [6, 6.07) is 5.36. The van der Waals surface area contributed by atoms with E-state index in [2.05, 4.69) is 26.8 Å². The molecule has 0 bridgehead atoms. The number of halogens is 2. The predicted molar refractivity (Wildman–Crippen MR) is 120 cm³/mol. The zero-order valence-electron chi connectivity index (χ0n) is 18.3. The number of ether oxygens (including phenoxy) is 1. The molecule has 0 unspecified atom stereocenters. The van der Waals surface area contributed by atoms with Crippen LogP contribution in [-0.4, -0.2) is 40.6 Å². The van der Waals surface area contributed by atoms with Crippen LogP contribution >= 0.6 is 0 Å². The van der Waals surface area contributed by atoms with Crippen LogP contribution in [0.1, 0.15) is 35.8 Å². The van der Waals surface area contributed by atoms with Gasteiger partial charge in [0, 0.05) is 37.2 Å². The molecule has 33 heavy (non-hydrogen) atoms. The van der Waals surface area contributed by atoms with Gasteiger partial charge in [0.15, 0.2) is 17.4 Å². The van der Waals surface area contributed by atoms with E-state index in [9.17, 15) is 13.6 Å². The minimum atomic E-state index is -0.842. The van der Waals surface area contributed by atoms with Crippen molar-refractivity contribution >= 4 is 11.9 Å². The highest BCUT2D eigenvalue weighted by atomic mass is 19.1. The van der Waals surface area contributed by atoms with Gasteiger partial charge >= 0.3 is 0 Å². The minimum absolute atomic E-state index is 0.0509. The Kier molecular flexibility index (Phi) is 6.76. The topological polar surface area (TPSA) is 94.2 Å². The number of nitrogens with two attached hydrogens (primary N) is 1. The molecule has 2 aromatic heterocycles. The Bertz CT molecular complexity index is 1110. The lowest BCUT2D eigenvalue weighted by molar-refractivity contribution is 0.0996. The van der Waals surface area contributed by atoms with Crippen molar-refractivity contribution in [2.24, 2.45) is 11.7 Å². The third kappa shape index (κ3) is 5.08. The summed E-state index contributed by atoms with van der Waals surface area (Å²) < 4.78 is 34.9. The fraction of sp³-hybridized carbons (Fsp3) is 0.333. The Labute approximate surface area is 190 Å². The molecule has 0 spiro atoms. The van der Waals surface area contributed by atoms with Crippen molar-refractivity contribution in [3.8, 4) is 16.9 Å². The number of rotatable bonds is 7. The number of pyridine rings is 1. The molecular weight excluding hydrogens is 428 g/mol. The Morgan fingerprint density at radius 2 is 1.82 bits per heavy atom. The molecule has 1 fully saturated rings. The third-order valence-electron chi connectivity index (χ3n) is 5.81. The number of benzene rings is 1. The summed E-state index contributed by atoms with van der Waals surface area (Å²) >= 11 is 0. The predicted octanol–water partition coefficient (Wildman–Crippen LogP) is 3.77. The molecule has 2 N–H and O–H groups in total. The van der Waals surface area contributed by atoms with Gasteiger partial charge in [-0.3, -0.25) is 9.78 Å². The van der Waals surface area contributed by atoms with Gasteiger partial charge in [0.05, 0.1) is 6.61 Å². The molecule has 172 valence electrons. The zero-order valence-corrected chi connectivity index (χ0v) is 18.3. The maximum Gasteiger partial charge on any atom is 0.267 e. The van der Waals surface area contributed by atoms with E-state index in [0.717, 1.165) is 50.0 Å². The van der Waals surface area contributed by atoms with Crippen LogP contribution < -0.4 is 15.4 Å². The molecule has 0 atom stereocenters. The van der Waals surface area contributed by atoms with E-state index in [4.69, 9.17) is 10.5 Å². The van der Waals surface area contributed by atoms with E-state index in [1.165, 1.54) is 12.3 Å². The van der Waals surface area contributed by atoms with Crippen LogP contribution in [0.15, 0.2) is 42.9 Å². The lowest BCUT2D eigenvalue weighted by Gasteiger charge is -2.31. The van der Waals surface area contributed by atoms with Crippen LogP contribution in [0.2, 0.25) is 0 Å². The van der Waals surface area contributed by atoms with Crippen LogP contribution in [0.4, 0.5) is 14.7 Å². The molecule has 3 heterocycles. The van der Waals surface area contributed by atoms with Crippen LogP contribution in [0.5, 0.6) is 5.75 Å². The molecule has 0 aliphatic carbocycles. The number of piperidine rings is 1. The standard InChI is InChI=1S/C24H25F2N5O2/c1-2-15-12-29-24(30-13-15)31-8-5-16(6-9-31)14-33-22-19(25)10-17(11-20(22)26)18-4-3-7-28-21(18)23(27)32/h3-4,7,10-13,16H,2,5-6,8-9,14H2,1H3,(H2,27,32). The van der Waals surface area contributed by atoms with Crippen molar-refractivity contribution in [1.82, 2.24) is 15.0 Å². The molecular formula is C24H25F2N5O2. The number of primary amides is 1. The number of aromatic nitrogens is 3. The van der Waals surface area contributed by atoms with Crippen molar-refractivity contribution in [2.45, 2.75) is 26.2 Å². The van der Waals surface area contributed by atoms with Gasteiger partial charge in [0.2, 0.25) is 5.95 Å². The summed E-state index contributed by atoms with van der Waals surface area (Å²) in [6.07, 6.45) is 7.57. The first-order valence-electron chi connectivity index (χ1n) is 10.9. The number of amides is 1. The van der Waals surface area contributed by atoms with Crippen LogP contribution in [0.3, 0.4) is 0 Å². The maximum absolute atomic E-state index is 14.7. The Hall–Kier alpha value is -3.62. The van der Waals surface area contributed by atoms with Crippen LogP contribution in [0.25, 0.3) is 11.1 Å². The summed E-state index contributed by atoms with van der Waals surface area (Å²) in [5.41, 5.74) is 6.79. The van der Waals surface area contributed by atoms with Gasteiger partial charge < -0.3 is 15.4 Å². The van der Waals surface area contributed by atoms with Crippen molar-refractivity contribution in [3.63, 3.8) is 0 Å². The Morgan fingerprint density at radius 3 is 2.42 bits per heavy atom. The quantitative estimate of drug-likeness (QED) is 0.585. The second-order valence-corrected chi connectivity index (χ2v) is 8.02. The highest BCUT2D eigenvalue weighted by Gasteiger charge is 2.23. The highest BCUT2D eigenvalue weighted by Crippen LogP contribution is 2.31. The SMILES string of the molecule is CCc1cnc(N2CCC(COc3c(F)cc(-c4cccnc4C(N)=O)cc3F)CC2)nc1. The largest absolute Gasteiger partial charge is 0.487 e. The van der Waals surface area contributed by atoms with Crippen molar-refractivity contribution in [2.75, 3.05) is 24.6 Å². The van der Waals surface area contributed by atoms with Gasteiger partial charge in [-0.2, -0.15) is 0 Å². The van der Waals surface area contributed by atoms with E-state index in [1.54, 1.807) is 6.07 Å². The number of nitrogens with zero attached hydrogens (tertiary/aromatic N) is 4. The fourth-order valence-corrected chi connectivity index (χ4v) is 3.88. The first-order chi connectivity index (χ1) is 16.0. The second-order valence-electron chi connectivity index (χ2n) is 8.02. The van der Waals surface area contributed by atoms with E-state index in [1.807, 2.05) is 12.4 Å². The second kappa shape index (κ2) is 9.89. The van der Waals surface area contributed by atoms with Gasteiger partial charge in [-0.1, -0.05) is 13.0 Å². The van der Waals surface area contributed by atoms with Gasteiger partial charge in [0.25, 0.3) is 5.91 Å². The van der Waals surface area contributed by atoms with Crippen molar-refractivity contribution < 1.29 is 18.3 Å². The molecule has 1 aliphatic heterocycles. The molecule has 1 aromatic carbocycles. The fourth-order valence-electron chi connectivity index (χ4n) is 3.88. The van der Waals surface area contributed by atoms with Crippen molar-refractivity contribution in [1.29, 1.82) is 0 Å².